The molecular formula is C33H33Cl2N5O6. The smallest absolute Gasteiger partial charge is 0.410 e. The summed E-state index contributed by atoms with van der Waals surface area (Å²) in [6, 6.07) is 10.4. The third-order valence-electron chi connectivity index (χ3n) is 8.13. The second kappa shape index (κ2) is 12.4. The molecule has 6 rings (SSSR count). The molecule has 46 heavy (non-hydrogen) atoms. The van der Waals surface area contributed by atoms with Gasteiger partial charge in [0.05, 0.1) is 34.2 Å². The summed E-state index contributed by atoms with van der Waals surface area (Å²) in [5.74, 6) is -0.944. The first kappa shape index (κ1) is 31.6. The highest BCUT2D eigenvalue weighted by Crippen LogP contribution is 2.36. The van der Waals surface area contributed by atoms with Crippen LogP contribution in [0.2, 0.25) is 10.0 Å². The van der Waals surface area contributed by atoms with Crippen LogP contribution >= 0.6 is 23.2 Å². The lowest BCUT2D eigenvalue weighted by atomic mass is 9.96. The van der Waals surface area contributed by atoms with Crippen LogP contribution in [0.1, 0.15) is 55.6 Å². The van der Waals surface area contributed by atoms with Crippen LogP contribution in [0.4, 0.5) is 10.5 Å². The maximum atomic E-state index is 13.3. The number of ether oxygens (including phenoxy) is 2. The first-order valence-corrected chi connectivity index (χ1v) is 15.7. The quantitative estimate of drug-likeness (QED) is 0.247. The van der Waals surface area contributed by atoms with Crippen LogP contribution in [0.5, 0.6) is 5.88 Å². The van der Waals surface area contributed by atoms with Gasteiger partial charge in [0.25, 0.3) is 0 Å². The molecule has 2 aliphatic heterocycles. The maximum Gasteiger partial charge on any atom is 0.410 e. The molecule has 3 aromatic heterocycles. The zero-order chi connectivity index (χ0) is 32.7. The van der Waals surface area contributed by atoms with Gasteiger partial charge in [-0.3, -0.25) is 9.78 Å². The van der Waals surface area contributed by atoms with Gasteiger partial charge in [0.2, 0.25) is 11.3 Å². The van der Waals surface area contributed by atoms with Gasteiger partial charge in [-0.05, 0) is 70.0 Å². The van der Waals surface area contributed by atoms with Gasteiger partial charge in [-0.1, -0.05) is 23.2 Å². The third kappa shape index (κ3) is 6.34. The number of carboxylic acid groups (broad SMARTS) is 1. The average molecular weight is 667 g/mol. The Morgan fingerprint density at radius 2 is 1.87 bits per heavy atom. The lowest BCUT2D eigenvalue weighted by Crippen LogP contribution is -2.50. The first-order valence-electron chi connectivity index (χ1n) is 15.0. The Balaban J connectivity index is 1.30. The molecule has 240 valence electrons. The van der Waals surface area contributed by atoms with Gasteiger partial charge >= 0.3 is 12.1 Å². The number of aromatic carboxylic acids is 1. The molecule has 0 bridgehead atoms. The van der Waals surface area contributed by atoms with Crippen molar-refractivity contribution in [2.24, 2.45) is 0 Å². The minimum Gasteiger partial charge on any atom is -0.477 e. The van der Waals surface area contributed by atoms with Crippen LogP contribution in [0.3, 0.4) is 0 Å². The van der Waals surface area contributed by atoms with Crippen LogP contribution in [0.25, 0.3) is 16.6 Å². The predicted molar refractivity (Wildman–Crippen MR) is 175 cm³/mol. The monoisotopic (exact) mass is 665 g/mol. The van der Waals surface area contributed by atoms with E-state index in [4.69, 9.17) is 32.7 Å². The number of hydrogen-bond acceptors (Lipinski definition) is 8. The number of amides is 1. The Bertz CT molecular complexity index is 1870. The molecule has 0 spiro atoms. The molecule has 11 nitrogen and oxygen atoms in total. The molecule has 2 saturated heterocycles. The molecule has 2 aliphatic rings. The minimum absolute atomic E-state index is 0.0323. The topological polar surface area (TPSA) is 127 Å². The van der Waals surface area contributed by atoms with Crippen molar-refractivity contribution in [3.05, 3.63) is 86.5 Å². The molecular weight excluding hydrogens is 633 g/mol. The summed E-state index contributed by atoms with van der Waals surface area (Å²) < 4.78 is 13.1. The van der Waals surface area contributed by atoms with E-state index in [0.29, 0.717) is 59.1 Å². The van der Waals surface area contributed by atoms with E-state index in [0.717, 1.165) is 18.5 Å². The lowest BCUT2D eigenvalue weighted by Gasteiger charge is -2.39. The van der Waals surface area contributed by atoms with Crippen LogP contribution in [0.15, 0.2) is 59.8 Å². The zero-order valence-electron chi connectivity index (χ0n) is 25.6. The Kier molecular flexibility index (Phi) is 8.56. The molecule has 1 amide bonds. The van der Waals surface area contributed by atoms with Crippen molar-refractivity contribution in [3.63, 3.8) is 0 Å². The van der Waals surface area contributed by atoms with Crippen molar-refractivity contribution in [2.75, 3.05) is 31.1 Å². The number of halogens is 2. The van der Waals surface area contributed by atoms with Crippen molar-refractivity contribution in [1.29, 1.82) is 0 Å². The third-order valence-corrected chi connectivity index (χ3v) is 8.72. The van der Waals surface area contributed by atoms with Crippen molar-refractivity contribution in [2.45, 2.75) is 51.2 Å². The van der Waals surface area contributed by atoms with Gasteiger partial charge in [-0.2, -0.15) is 0 Å². The number of likely N-dealkylation sites (tertiary alicyclic amines) is 1. The fourth-order valence-corrected chi connectivity index (χ4v) is 6.27. The molecule has 0 unspecified atom stereocenters. The van der Waals surface area contributed by atoms with Gasteiger partial charge in [-0.25, -0.2) is 14.6 Å². The Labute approximate surface area is 275 Å². The molecule has 0 radical (unpaired) electrons. The second-order valence-corrected chi connectivity index (χ2v) is 13.3. The highest BCUT2D eigenvalue weighted by Gasteiger charge is 2.35. The molecule has 2 fully saturated rings. The van der Waals surface area contributed by atoms with E-state index < -0.39 is 17.0 Å². The van der Waals surface area contributed by atoms with Gasteiger partial charge in [0.15, 0.2) is 0 Å². The van der Waals surface area contributed by atoms with Crippen molar-refractivity contribution in [1.82, 2.24) is 19.4 Å². The maximum absolute atomic E-state index is 13.3. The van der Waals surface area contributed by atoms with E-state index in [1.807, 2.05) is 39.0 Å². The Morgan fingerprint density at radius 3 is 2.54 bits per heavy atom. The van der Waals surface area contributed by atoms with Gasteiger partial charge in [-0.15, -0.1) is 0 Å². The van der Waals surface area contributed by atoms with Gasteiger partial charge < -0.3 is 28.9 Å². The molecule has 1 aromatic carbocycles. The van der Waals surface area contributed by atoms with Crippen molar-refractivity contribution < 1.29 is 24.2 Å². The fourth-order valence-electron chi connectivity index (χ4n) is 5.82. The van der Waals surface area contributed by atoms with E-state index in [9.17, 15) is 19.5 Å². The SMILES string of the molecule is CC(C)(C)OC(=O)N1CC(c2ccc(-n3cc(C(=O)O)c(=O)c4cc(Cl)c(N5CCC[C@@H]5COc5ncccc5Cl)cc43)cn2)C1. The average Bonchev–Trinajstić information content (AvgIpc) is 3.44. The summed E-state index contributed by atoms with van der Waals surface area (Å²) in [4.78, 5) is 50.4. The minimum atomic E-state index is -1.34. The molecule has 1 N–H and O–H groups in total. The standard InChI is InChI=1S/C33H33Cl2N5O6/c1-33(2,3)46-32(44)38-15-19(16-38)26-9-8-20(14-37-26)40-17-23(31(42)43)29(41)22-12-25(35)28(13-27(22)40)39-11-5-6-21(39)18-45-30-24(34)7-4-10-36-30/h4,7-10,12-14,17,19,21H,5-6,11,15-16,18H2,1-3H3,(H,42,43)/t21-/m1/s1. The fraction of sp³-hybridized carbons (Fsp3) is 0.364. The number of pyridine rings is 3. The van der Waals surface area contributed by atoms with Crippen LogP contribution in [-0.4, -0.2) is 74.5 Å². The number of carbonyl (C=O) groups is 2. The van der Waals surface area contributed by atoms with Crippen LogP contribution in [0, 0.1) is 0 Å². The highest BCUT2D eigenvalue weighted by molar-refractivity contribution is 6.34. The Morgan fingerprint density at radius 1 is 1.09 bits per heavy atom. The lowest BCUT2D eigenvalue weighted by molar-refractivity contribution is 0.00785. The number of anilines is 1. The number of fused-ring (bicyclic) bond motifs is 1. The van der Waals surface area contributed by atoms with E-state index in [1.54, 1.807) is 34.0 Å². The van der Waals surface area contributed by atoms with E-state index in [1.165, 1.54) is 12.3 Å². The number of carbonyl (C=O) groups excluding carboxylic acids is 1. The van der Waals surface area contributed by atoms with Crippen molar-refractivity contribution in [3.8, 4) is 11.6 Å². The molecule has 13 heteroatoms. The van der Waals surface area contributed by atoms with Gasteiger partial charge in [0, 0.05) is 49.0 Å². The normalized spacial score (nSPS) is 16.8. The van der Waals surface area contributed by atoms with E-state index >= 15 is 0 Å². The number of aromatic nitrogens is 3. The largest absolute Gasteiger partial charge is 0.477 e. The molecule has 4 aromatic rings. The number of carboxylic acids is 1. The van der Waals surface area contributed by atoms with Crippen LogP contribution < -0.4 is 15.1 Å². The van der Waals surface area contributed by atoms with E-state index in [-0.39, 0.29) is 29.0 Å². The van der Waals surface area contributed by atoms with Crippen molar-refractivity contribution >= 4 is 51.9 Å². The van der Waals surface area contributed by atoms with E-state index in [2.05, 4.69) is 14.9 Å². The first-order chi connectivity index (χ1) is 21.9. The summed E-state index contributed by atoms with van der Waals surface area (Å²) in [5, 5.41) is 10.8. The number of benzene rings is 1. The molecule has 5 heterocycles. The summed E-state index contributed by atoms with van der Waals surface area (Å²) in [5.41, 5.74) is 0.973. The van der Waals surface area contributed by atoms with Gasteiger partial charge in [0.1, 0.15) is 22.8 Å². The predicted octanol–water partition coefficient (Wildman–Crippen LogP) is 6.17. The van der Waals surface area contributed by atoms with Crippen LogP contribution in [-0.2, 0) is 4.74 Å². The summed E-state index contributed by atoms with van der Waals surface area (Å²) in [6.45, 7) is 7.50. The number of rotatable bonds is 7. The number of nitrogens with zero attached hydrogens (tertiary/aromatic N) is 5. The second-order valence-electron chi connectivity index (χ2n) is 12.5. The summed E-state index contributed by atoms with van der Waals surface area (Å²) in [6.07, 6.45) is 5.97. The molecule has 0 saturated carbocycles. The number of hydrogen-bond donors (Lipinski definition) is 1. The molecule has 0 aliphatic carbocycles. The molecule has 1 atom stereocenters. The summed E-state index contributed by atoms with van der Waals surface area (Å²) >= 11 is 13.0. The zero-order valence-corrected chi connectivity index (χ0v) is 27.1. The summed E-state index contributed by atoms with van der Waals surface area (Å²) in [7, 11) is 0. The Hall–Kier alpha value is -4.35. The highest BCUT2D eigenvalue weighted by atomic mass is 35.5.